The molecular weight excluding hydrogens is 228 g/mol. The second kappa shape index (κ2) is 5.61. The lowest BCUT2D eigenvalue weighted by Gasteiger charge is -2.30. The van der Waals surface area contributed by atoms with Gasteiger partial charge in [-0.25, -0.2) is 0 Å². The molecule has 0 aliphatic carbocycles. The van der Waals surface area contributed by atoms with Gasteiger partial charge in [-0.3, -0.25) is 4.90 Å². The number of likely N-dealkylation sites (tertiary alicyclic amines) is 1. The Hall–Kier alpha value is -0.930. The van der Waals surface area contributed by atoms with Gasteiger partial charge in [0.25, 0.3) is 0 Å². The fourth-order valence-electron chi connectivity index (χ4n) is 2.25. The average molecular weight is 248 g/mol. The van der Waals surface area contributed by atoms with Crippen LogP contribution in [0, 0.1) is 5.92 Å². The third kappa shape index (κ3) is 3.51. The largest absolute Gasteiger partial charge is 0.389 e. The van der Waals surface area contributed by atoms with E-state index < -0.39 is 0 Å². The lowest BCUT2D eigenvalue weighted by Crippen LogP contribution is -2.32. The first-order valence-electron chi connectivity index (χ1n) is 6.26. The van der Waals surface area contributed by atoms with Gasteiger partial charge in [0.2, 0.25) is 0 Å². The number of nitrogens with zero attached hydrogens (tertiary/aromatic N) is 1. The monoisotopic (exact) mass is 248 g/mol. The minimum Gasteiger partial charge on any atom is -0.389 e. The SMILES string of the molecule is CC1CCN(Cc2ccc(C(N)=S)cc2)CC1. The van der Waals surface area contributed by atoms with Crippen LogP contribution in [0.1, 0.15) is 30.9 Å². The van der Waals surface area contributed by atoms with Gasteiger partial charge in [-0.05, 0) is 37.4 Å². The highest BCUT2D eigenvalue weighted by Crippen LogP contribution is 2.18. The summed E-state index contributed by atoms with van der Waals surface area (Å²) >= 11 is 4.95. The lowest BCUT2D eigenvalue weighted by molar-refractivity contribution is 0.185. The molecule has 1 aliphatic heterocycles. The van der Waals surface area contributed by atoms with E-state index in [0.717, 1.165) is 18.0 Å². The summed E-state index contributed by atoms with van der Waals surface area (Å²) in [7, 11) is 0. The van der Waals surface area contributed by atoms with Crippen LogP contribution in [-0.2, 0) is 6.54 Å². The molecule has 0 spiro atoms. The minimum absolute atomic E-state index is 0.475. The molecule has 1 aromatic carbocycles. The first-order valence-corrected chi connectivity index (χ1v) is 6.67. The van der Waals surface area contributed by atoms with E-state index in [1.54, 1.807) is 0 Å². The van der Waals surface area contributed by atoms with E-state index in [9.17, 15) is 0 Å². The molecule has 0 bridgehead atoms. The van der Waals surface area contributed by atoms with Crippen LogP contribution < -0.4 is 5.73 Å². The molecule has 3 heteroatoms. The second-order valence-electron chi connectivity index (χ2n) is 5.02. The second-order valence-corrected chi connectivity index (χ2v) is 5.46. The third-order valence-corrected chi connectivity index (χ3v) is 3.76. The van der Waals surface area contributed by atoms with E-state index >= 15 is 0 Å². The molecular formula is C14H20N2S. The van der Waals surface area contributed by atoms with Crippen molar-refractivity contribution in [1.82, 2.24) is 4.90 Å². The number of nitrogens with two attached hydrogens (primary N) is 1. The molecule has 1 saturated heterocycles. The van der Waals surface area contributed by atoms with Crippen LogP contribution in [0.3, 0.4) is 0 Å². The normalized spacial score (nSPS) is 18.2. The summed E-state index contributed by atoms with van der Waals surface area (Å²) in [6.07, 6.45) is 2.65. The topological polar surface area (TPSA) is 29.3 Å². The van der Waals surface area contributed by atoms with E-state index in [-0.39, 0.29) is 0 Å². The maximum absolute atomic E-state index is 5.58. The summed E-state index contributed by atoms with van der Waals surface area (Å²) in [4.78, 5) is 3.00. The van der Waals surface area contributed by atoms with Crippen LogP contribution in [0.15, 0.2) is 24.3 Å². The highest BCUT2D eigenvalue weighted by Gasteiger charge is 2.15. The Kier molecular flexibility index (Phi) is 4.13. The average Bonchev–Trinajstić information content (AvgIpc) is 2.33. The van der Waals surface area contributed by atoms with Gasteiger partial charge in [0.05, 0.1) is 0 Å². The molecule has 1 fully saturated rings. The standard InChI is InChI=1S/C14H20N2S/c1-11-6-8-16(9-7-11)10-12-2-4-13(5-3-12)14(15)17/h2-5,11H,6-10H2,1H3,(H2,15,17). The summed E-state index contributed by atoms with van der Waals surface area (Å²) in [6.45, 7) is 5.83. The molecule has 1 aromatic rings. The Labute approximate surface area is 109 Å². The van der Waals surface area contributed by atoms with Crippen molar-refractivity contribution in [1.29, 1.82) is 0 Å². The Bertz CT molecular complexity index is 378. The fraction of sp³-hybridized carbons (Fsp3) is 0.500. The summed E-state index contributed by atoms with van der Waals surface area (Å²) in [5, 5.41) is 0. The van der Waals surface area contributed by atoms with Crippen LogP contribution in [0.25, 0.3) is 0 Å². The van der Waals surface area contributed by atoms with Gasteiger partial charge in [0.15, 0.2) is 0 Å². The lowest BCUT2D eigenvalue weighted by atomic mass is 9.99. The van der Waals surface area contributed by atoms with Crippen molar-refractivity contribution in [2.24, 2.45) is 11.7 Å². The Morgan fingerprint density at radius 3 is 2.41 bits per heavy atom. The molecule has 2 nitrogen and oxygen atoms in total. The van der Waals surface area contributed by atoms with Crippen LogP contribution in [0.4, 0.5) is 0 Å². The highest BCUT2D eigenvalue weighted by molar-refractivity contribution is 7.80. The zero-order valence-corrected chi connectivity index (χ0v) is 11.2. The Balaban J connectivity index is 1.92. The summed E-state index contributed by atoms with van der Waals surface area (Å²) in [5.41, 5.74) is 7.89. The predicted molar refractivity (Wildman–Crippen MR) is 76.0 cm³/mol. The zero-order valence-electron chi connectivity index (χ0n) is 10.4. The van der Waals surface area contributed by atoms with E-state index in [1.807, 2.05) is 12.1 Å². The third-order valence-electron chi connectivity index (χ3n) is 3.52. The molecule has 0 atom stereocenters. The number of hydrogen-bond acceptors (Lipinski definition) is 2. The van der Waals surface area contributed by atoms with Crippen molar-refractivity contribution in [3.05, 3.63) is 35.4 Å². The first kappa shape index (κ1) is 12.5. The van der Waals surface area contributed by atoms with Crippen LogP contribution in [0.2, 0.25) is 0 Å². The number of rotatable bonds is 3. The molecule has 0 saturated carbocycles. The van der Waals surface area contributed by atoms with Gasteiger partial charge in [-0.15, -0.1) is 0 Å². The van der Waals surface area contributed by atoms with Gasteiger partial charge in [0.1, 0.15) is 4.99 Å². The molecule has 2 N–H and O–H groups in total. The first-order chi connectivity index (χ1) is 8.15. The molecule has 0 amide bonds. The predicted octanol–water partition coefficient (Wildman–Crippen LogP) is 2.55. The molecule has 0 unspecified atom stereocenters. The smallest absolute Gasteiger partial charge is 0.103 e. The molecule has 0 radical (unpaired) electrons. The quantitative estimate of drug-likeness (QED) is 0.834. The van der Waals surface area contributed by atoms with Gasteiger partial charge < -0.3 is 5.73 Å². The Morgan fingerprint density at radius 2 is 1.88 bits per heavy atom. The number of hydrogen-bond donors (Lipinski definition) is 1. The van der Waals surface area contributed by atoms with Gasteiger partial charge in [-0.1, -0.05) is 43.4 Å². The number of thiocarbonyl (C=S) groups is 1. The molecule has 0 aromatic heterocycles. The molecule has 2 rings (SSSR count). The van der Waals surface area contributed by atoms with E-state index in [0.29, 0.717) is 4.99 Å². The van der Waals surface area contributed by atoms with Crippen molar-refractivity contribution in [3.63, 3.8) is 0 Å². The van der Waals surface area contributed by atoms with E-state index in [2.05, 4.69) is 24.0 Å². The Morgan fingerprint density at radius 1 is 1.29 bits per heavy atom. The maximum atomic E-state index is 5.58. The molecule has 17 heavy (non-hydrogen) atoms. The zero-order chi connectivity index (χ0) is 12.3. The van der Waals surface area contributed by atoms with Gasteiger partial charge in [-0.2, -0.15) is 0 Å². The van der Waals surface area contributed by atoms with Crippen molar-refractivity contribution in [3.8, 4) is 0 Å². The fourth-order valence-corrected chi connectivity index (χ4v) is 2.39. The molecule has 92 valence electrons. The maximum Gasteiger partial charge on any atom is 0.103 e. The van der Waals surface area contributed by atoms with Crippen molar-refractivity contribution < 1.29 is 0 Å². The number of piperidine rings is 1. The summed E-state index contributed by atoms with van der Waals surface area (Å²) in [5.74, 6) is 0.892. The van der Waals surface area contributed by atoms with Crippen LogP contribution >= 0.6 is 12.2 Å². The van der Waals surface area contributed by atoms with Crippen molar-refractivity contribution in [2.75, 3.05) is 13.1 Å². The summed E-state index contributed by atoms with van der Waals surface area (Å²) < 4.78 is 0. The van der Waals surface area contributed by atoms with Crippen molar-refractivity contribution >= 4 is 17.2 Å². The molecule has 1 heterocycles. The van der Waals surface area contributed by atoms with E-state index in [4.69, 9.17) is 18.0 Å². The van der Waals surface area contributed by atoms with Crippen LogP contribution in [-0.4, -0.2) is 23.0 Å². The number of benzene rings is 1. The summed E-state index contributed by atoms with van der Waals surface area (Å²) in [6, 6.07) is 8.30. The van der Waals surface area contributed by atoms with Gasteiger partial charge in [0, 0.05) is 12.1 Å². The van der Waals surface area contributed by atoms with Crippen LogP contribution in [0.5, 0.6) is 0 Å². The highest BCUT2D eigenvalue weighted by atomic mass is 32.1. The van der Waals surface area contributed by atoms with Crippen molar-refractivity contribution in [2.45, 2.75) is 26.3 Å². The van der Waals surface area contributed by atoms with Gasteiger partial charge >= 0.3 is 0 Å². The molecule has 1 aliphatic rings. The van der Waals surface area contributed by atoms with E-state index in [1.165, 1.54) is 31.5 Å². The minimum atomic E-state index is 0.475.